The number of piperidine rings is 1. The van der Waals surface area contributed by atoms with Crippen LogP contribution in [0.4, 0.5) is 5.82 Å². The first-order valence-corrected chi connectivity index (χ1v) is 11.3. The van der Waals surface area contributed by atoms with Gasteiger partial charge in [0, 0.05) is 32.2 Å². The summed E-state index contributed by atoms with van der Waals surface area (Å²) in [5.41, 5.74) is 2.16. The zero-order valence-corrected chi connectivity index (χ0v) is 17.2. The van der Waals surface area contributed by atoms with Crippen molar-refractivity contribution in [2.75, 3.05) is 32.5 Å². The van der Waals surface area contributed by atoms with E-state index in [0.717, 1.165) is 55.8 Å². The van der Waals surface area contributed by atoms with Crippen LogP contribution in [0.5, 0.6) is 0 Å². The number of nitrogens with zero attached hydrogens (tertiary/aromatic N) is 4. The van der Waals surface area contributed by atoms with E-state index in [-0.39, 0.29) is 6.04 Å². The van der Waals surface area contributed by atoms with Gasteiger partial charge in [0.2, 0.25) is 10.0 Å². The molecule has 1 aromatic heterocycles. The fourth-order valence-corrected chi connectivity index (χ4v) is 5.79. The van der Waals surface area contributed by atoms with Gasteiger partial charge in [0.25, 0.3) is 0 Å². The van der Waals surface area contributed by atoms with Crippen molar-refractivity contribution in [2.45, 2.75) is 43.2 Å². The molecule has 2 aromatic rings. The standard InChI is InChI=1S/C20H27N5O2S/c1-21-19-16-11-13-24(2)14-17(16)22-20(23-19)18-10-6-7-12-25(18)28(26,27)15-8-4-3-5-9-15/h3-5,8-9,18H,6-7,10-14H2,1-2H3,(H,21,22,23). The molecule has 0 saturated carbocycles. The molecule has 7 nitrogen and oxygen atoms in total. The second kappa shape index (κ2) is 7.77. The molecular formula is C20H27N5O2S. The van der Waals surface area contributed by atoms with E-state index in [1.165, 1.54) is 0 Å². The van der Waals surface area contributed by atoms with Crippen molar-refractivity contribution in [3.8, 4) is 0 Å². The SMILES string of the molecule is CNc1nc(C2CCCCN2S(=O)(=O)c2ccccc2)nc2c1CCN(C)C2. The molecule has 4 rings (SSSR count). The van der Waals surface area contributed by atoms with Crippen LogP contribution in [0, 0.1) is 0 Å². The highest BCUT2D eigenvalue weighted by Gasteiger charge is 2.37. The van der Waals surface area contributed by atoms with Gasteiger partial charge in [-0.1, -0.05) is 24.6 Å². The van der Waals surface area contributed by atoms with Gasteiger partial charge in [-0.25, -0.2) is 18.4 Å². The summed E-state index contributed by atoms with van der Waals surface area (Å²) in [6.45, 7) is 2.23. The van der Waals surface area contributed by atoms with Crippen LogP contribution >= 0.6 is 0 Å². The number of sulfonamides is 1. The molecule has 1 fully saturated rings. The number of anilines is 1. The molecular weight excluding hydrogens is 374 g/mol. The summed E-state index contributed by atoms with van der Waals surface area (Å²) in [6.07, 6.45) is 3.47. The number of aromatic nitrogens is 2. The van der Waals surface area contributed by atoms with Gasteiger partial charge in [-0.3, -0.25) is 0 Å². The third-order valence-corrected chi connectivity index (χ3v) is 7.53. The smallest absolute Gasteiger partial charge is 0.243 e. The van der Waals surface area contributed by atoms with Gasteiger partial charge in [-0.2, -0.15) is 4.31 Å². The Morgan fingerprint density at radius 1 is 1.11 bits per heavy atom. The van der Waals surface area contributed by atoms with Crippen LogP contribution in [0.3, 0.4) is 0 Å². The Kier molecular flexibility index (Phi) is 5.35. The summed E-state index contributed by atoms with van der Waals surface area (Å²) in [5.74, 6) is 1.44. The van der Waals surface area contributed by atoms with Crippen molar-refractivity contribution in [3.05, 3.63) is 47.4 Å². The third kappa shape index (κ3) is 3.52. The molecule has 0 spiro atoms. The maximum Gasteiger partial charge on any atom is 0.243 e. The summed E-state index contributed by atoms with van der Waals surface area (Å²) >= 11 is 0. The van der Waals surface area contributed by atoms with E-state index in [1.54, 1.807) is 28.6 Å². The fourth-order valence-electron chi connectivity index (χ4n) is 4.11. The summed E-state index contributed by atoms with van der Waals surface area (Å²) in [6, 6.07) is 8.33. The summed E-state index contributed by atoms with van der Waals surface area (Å²) in [4.78, 5) is 12.2. The summed E-state index contributed by atoms with van der Waals surface area (Å²) < 4.78 is 28.2. The zero-order valence-electron chi connectivity index (χ0n) is 16.4. The predicted octanol–water partition coefficient (Wildman–Crippen LogP) is 2.42. The molecule has 2 aliphatic rings. The molecule has 1 atom stereocenters. The van der Waals surface area contributed by atoms with E-state index in [2.05, 4.69) is 17.3 Å². The molecule has 3 heterocycles. The first-order valence-electron chi connectivity index (χ1n) is 9.83. The van der Waals surface area contributed by atoms with E-state index in [9.17, 15) is 8.42 Å². The van der Waals surface area contributed by atoms with Crippen molar-refractivity contribution in [3.63, 3.8) is 0 Å². The Balaban J connectivity index is 1.75. The number of likely N-dealkylation sites (N-methyl/N-ethyl adjacent to an activating group) is 1. The number of rotatable bonds is 4. The Morgan fingerprint density at radius 2 is 1.89 bits per heavy atom. The van der Waals surface area contributed by atoms with E-state index in [1.807, 2.05) is 13.1 Å². The molecule has 1 unspecified atom stereocenters. The van der Waals surface area contributed by atoms with Crippen LogP contribution in [0.15, 0.2) is 35.2 Å². The van der Waals surface area contributed by atoms with Crippen molar-refractivity contribution < 1.29 is 8.42 Å². The Bertz CT molecular complexity index is 949. The van der Waals surface area contributed by atoms with E-state index in [4.69, 9.17) is 9.97 Å². The van der Waals surface area contributed by atoms with Crippen LogP contribution in [0.25, 0.3) is 0 Å². The van der Waals surface area contributed by atoms with Crippen molar-refractivity contribution in [1.82, 2.24) is 19.2 Å². The molecule has 0 aliphatic carbocycles. The molecule has 150 valence electrons. The number of fused-ring (bicyclic) bond motifs is 1. The topological polar surface area (TPSA) is 78.4 Å². The van der Waals surface area contributed by atoms with Crippen LogP contribution in [-0.4, -0.2) is 54.8 Å². The Hall–Kier alpha value is -2.03. The fraction of sp³-hybridized carbons (Fsp3) is 0.500. The summed E-state index contributed by atoms with van der Waals surface area (Å²) in [7, 11) is 0.357. The van der Waals surface area contributed by atoms with Crippen LogP contribution in [0.2, 0.25) is 0 Å². The van der Waals surface area contributed by atoms with Gasteiger partial charge >= 0.3 is 0 Å². The Morgan fingerprint density at radius 3 is 2.64 bits per heavy atom. The second-order valence-electron chi connectivity index (χ2n) is 7.53. The van der Waals surface area contributed by atoms with Crippen molar-refractivity contribution in [2.24, 2.45) is 0 Å². The number of benzene rings is 1. The molecule has 8 heteroatoms. The predicted molar refractivity (Wildman–Crippen MR) is 109 cm³/mol. The first-order chi connectivity index (χ1) is 13.5. The minimum atomic E-state index is -3.59. The monoisotopic (exact) mass is 401 g/mol. The normalized spacial score (nSPS) is 21.3. The highest BCUT2D eigenvalue weighted by Crippen LogP contribution is 2.35. The third-order valence-electron chi connectivity index (χ3n) is 5.61. The maximum atomic E-state index is 13.3. The lowest BCUT2D eigenvalue weighted by Crippen LogP contribution is -2.40. The number of hydrogen-bond acceptors (Lipinski definition) is 6. The molecule has 1 saturated heterocycles. The molecule has 1 aromatic carbocycles. The van der Waals surface area contributed by atoms with Gasteiger partial charge in [0.05, 0.1) is 16.6 Å². The lowest BCUT2D eigenvalue weighted by Gasteiger charge is -2.35. The minimum absolute atomic E-state index is 0.327. The average molecular weight is 402 g/mol. The Labute approximate surface area is 166 Å². The van der Waals surface area contributed by atoms with Crippen molar-refractivity contribution in [1.29, 1.82) is 0 Å². The van der Waals surface area contributed by atoms with Gasteiger partial charge in [-0.15, -0.1) is 0 Å². The van der Waals surface area contributed by atoms with E-state index < -0.39 is 10.0 Å². The van der Waals surface area contributed by atoms with Gasteiger partial charge in [0.15, 0.2) is 0 Å². The van der Waals surface area contributed by atoms with Crippen molar-refractivity contribution >= 4 is 15.8 Å². The largest absolute Gasteiger partial charge is 0.373 e. The first kappa shape index (κ1) is 19.3. The zero-order chi connectivity index (χ0) is 19.7. The molecule has 0 radical (unpaired) electrons. The number of nitrogens with one attached hydrogen (secondary N) is 1. The van der Waals surface area contributed by atoms with Crippen LogP contribution < -0.4 is 5.32 Å². The second-order valence-corrected chi connectivity index (χ2v) is 9.42. The van der Waals surface area contributed by atoms with E-state index >= 15 is 0 Å². The molecule has 0 bridgehead atoms. The van der Waals surface area contributed by atoms with Gasteiger partial charge < -0.3 is 10.2 Å². The average Bonchev–Trinajstić information content (AvgIpc) is 2.73. The highest BCUT2D eigenvalue weighted by molar-refractivity contribution is 7.89. The maximum absolute atomic E-state index is 13.3. The summed E-state index contributed by atoms with van der Waals surface area (Å²) in [5, 5.41) is 3.20. The van der Waals surface area contributed by atoms with E-state index in [0.29, 0.717) is 17.3 Å². The molecule has 2 aliphatic heterocycles. The molecule has 1 N–H and O–H groups in total. The lowest BCUT2D eigenvalue weighted by molar-refractivity contribution is 0.244. The molecule has 0 amide bonds. The lowest BCUT2D eigenvalue weighted by atomic mass is 10.0. The minimum Gasteiger partial charge on any atom is -0.373 e. The quantitative estimate of drug-likeness (QED) is 0.848. The highest BCUT2D eigenvalue weighted by atomic mass is 32.2. The van der Waals surface area contributed by atoms with Gasteiger partial charge in [-0.05, 0) is 38.4 Å². The van der Waals surface area contributed by atoms with Gasteiger partial charge in [0.1, 0.15) is 11.6 Å². The number of hydrogen-bond donors (Lipinski definition) is 1. The molecule has 28 heavy (non-hydrogen) atoms. The van der Waals surface area contributed by atoms with Crippen LogP contribution in [-0.2, 0) is 23.0 Å². The van der Waals surface area contributed by atoms with Crippen LogP contribution in [0.1, 0.15) is 42.4 Å².